The van der Waals surface area contributed by atoms with Gasteiger partial charge in [0.05, 0.1) is 5.92 Å². The fourth-order valence-electron chi connectivity index (χ4n) is 2.74. The van der Waals surface area contributed by atoms with Crippen LogP contribution in [0.4, 0.5) is 0 Å². The van der Waals surface area contributed by atoms with Gasteiger partial charge in [-0.25, -0.2) is 0 Å². The Labute approximate surface area is 81.7 Å². The molecule has 1 spiro atoms. The second kappa shape index (κ2) is 2.22. The van der Waals surface area contributed by atoms with E-state index in [1.165, 1.54) is 0 Å². The summed E-state index contributed by atoms with van der Waals surface area (Å²) in [6, 6.07) is 1.89. The van der Waals surface area contributed by atoms with Gasteiger partial charge >= 0.3 is 5.97 Å². The van der Waals surface area contributed by atoms with Crippen molar-refractivity contribution in [2.75, 3.05) is 0 Å². The number of furan rings is 1. The molecule has 3 nitrogen and oxygen atoms in total. The molecule has 14 heavy (non-hydrogen) atoms. The predicted octanol–water partition coefficient (Wildman–Crippen LogP) is 2.09. The van der Waals surface area contributed by atoms with Crippen molar-refractivity contribution in [1.29, 1.82) is 0 Å². The molecule has 1 heterocycles. The molecule has 1 fully saturated rings. The van der Waals surface area contributed by atoms with Crippen LogP contribution in [0, 0.1) is 12.3 Å². The van der Waals surface area contributed by atoms with Crippen LogP contribution >= 0.6 is 0 Å². The molecule has 0 saturated heterocycles. The van der Waals surface area contributed by atoms with Gasteiger partial charge in [0.1, 0.15) is 11.5 Å². The lowest BCUT2D eigenvalue weighted by Crippen LogP contribution is -2.18. The zero-order valence-electron chi connectivity index (χ0n) is 8.04. The van der Waals surface area contributed by atoms with Crippen LogP contribution in [0.2, 0.25) is 0 Å². The first kappa shape index (κ1) is 8.09. The third-order valence-corrected chi connectivity index (χ3v) is 3.54. The molecule has 0 bridgehead atoms. The van der Waals surface area contributed by atoms with Crippen LogP contribution in [0.3, 0.4) is 0 Å². The maximum Gasteiger partial charge on any atom is 0.311 e. The van der Waals surface area contributed by atoms with E-state index in [9.17, 15) is 9.90 Å². The molecular formula is C11H12O3. The Bertz CT molecular complexity index is 412. The summed E-state index contributed by atoms with van der Waals surface area (Å²) < 4.78 is 5.52. The van der Waals surface area contributed by atoms with Crippen molar-refractivity contribution in [3.63, 3.8) is 0 Å². The van der Waals surface area contributed by atoms with Gasteiger partial charge in [0.15, 0.2) is 0 Å². The average Bonchev–Trinajstić information content (AvgIpc) is 2.63. The van der Waals surface area contributed by atoms with Crippen LogP contribution in [0.5, 0.6) is 0 Å². The van der Waals surface area contributed by atoms with E-state index in [2.05, 4.69) is 0 Å². The normalized spacial score (nSPS) is 26.5. The van der Waals surface area contributed by atoms with Gasteiger partial charge in [-0.3, -0.25) is 4.79 Å². The zero-order chi connectivity index (χ0) is 9.92. The maximum absolute atomic E-state index is 11.2. The number of carbonyl (C=O) groups is 1. The van der Waals surface area contributed by atoms with Gasteiger partial charge < -0.3 is 9.52 Å². The Morgan fingerprint density at radius 2 is 2.36 bits per heavy atom. The fourth-order valence-corrected chi connectivity index (χ4v) is 2.74. The van der Waals surface area contributed by atoms with Crippen molar-refractivity contribution in [3.05, 3.63) is 23.2 Å². The largest absolute Gasteiger partial charge is 0.481 e. The van der Waals surface area contributed by atoms with Crippen molar-refractivity contribution < 1.29 is 14.3 Å². The summed E-state index contributed by atoms with van der Waals surface area (Å²) in [4.78, 5) is 11.2. The summed E-state index contributed by atoms with van der Waals surface area (Å²) in [6.45, 7) is 1.87. The van der Waals surface area contributed by atoms with E-state index in [1.807, 2.05) is 13.0 Å². The smallest absolute Gasteiger partial charge is 0.311 e. The molecule has 1 atom stereocenters. The Morgan fingerprint density at radius 3 is 2.93 bits per heavy atom. The third-order valence-electron chi connectivity index (χ3n) is 3.54. The lowest BCUT2D eigenvalue weighted by molar-refractivity contribution is -0.140. The number of carboxylic acids is 1. The van der Waals surface area contributed by atoms with Gasteiger partial charge in [-0.2, -0.15) is 0 Å². The highest BCUT2D eigenvalue weighted by Gasteiger charge is 2.59. The lowest BCUT2D eigenvalue weighted by Gasteiger charge is -2.13. The molecule has 0 radical (unpaired) electrons. The topological polar surface area (TPSA) is 50.4 Å². The SMILES string of the molecule is Cc1cc2c(o1)CC1(CC1)C2C(=O)O. The van der Waals surface area contributed by atoms with Gasteiger partial charge in [0, 0.05) is 12.0 Å². The van der Waals surface area contributed by atoms with E-state index in [-0.39, 0.29) is 11.3 Å². The first-order chi connectivity index (χ1) is 6.62. The highest BCUT2D eigenvalue weighted by molar-refractivity contribution is 5.80. The van der Waals surface area contributed by atoms with Crippen LogP contribution in [-0.4, -0.2) is 11.1 Å². The molecule has 1 saturated carbocycles. The van der Waals surface area contributed by atoms with Gasteiger partial charge in [0.2, 0.25) is 0 Å². The van der Waals surface area contributed by atoms with E-state index in [4.69, 9.17) is 4.42 Å². The Balaban J connectivity index is 2.11. The standard InChI is InChI=1S/C11H12O3/c1-6-4-7-8(14-6)5-11(2-3-11)9(7)10(12)13/h4,9H,2-3,5H2,1H3,(H,12,13). The molecule has 0 aliphatic heterocycles. The maximum atomic E-state index is 11.2. The quantitative estimate of drug-likeness (QED) is 0.741. The fraction of sp³-hybridized carbons (Fsp3) is 0.545. The summed E-state index contributed by atoms with van der Waals surface area (Å²) in [5.41, 5.74) is 0.945. The molecule has 74 valence electrons. The van der Waals surface area contributed by atoms with E-state index < -0.39 is 5.97 Å². The molecule has 0 amide bonds. The summed E-state index contributed by atoms with van der Waals surface area (Å²) >= 11 is 0. The molecule has 0 aromatic carbocycles. The molecule has 2 aliphatic rings. The third kappa shape index (κ3) is 0.846. The molecule has 1 N–H and O–H groups in total. The van der Waals surface area contributed by atoms with Crippen molar-refractivity contribution in [3.8, 4) is 0 Å². The number of carboxylic acid groups (broad SMARTS) is 1. The Kier molecular flexibility index (Phi) is 1.28. The second-order valence-corrected chi connectivity index (χ2v) is 4.55. The summed E-state index contributed by atoms with van der Waals surface area (Å²) in [5, 5.41) is 9.20. The lowest BCUT2D eigenvalue weighted by atomic mass is 9.90. The van der Waals surface area contributed by atoms with Crippen LogP contribution in [0.15, 0.2) is 10.5 Å². The highest BCUT2D eigenvalue weighted by Crippen LogP contribution is 2.63. The number of aliphatic carboxylic acids is 1. The molecule has 3 rings (SSSR count). The number of fused-ring (bicyclic) bond motifs is 1. The molecule has 3 heteroatoms. The van der Waals surface area contributed by atoms with Gasteiger partial charge in [-0.1, -0.05) is 0 Å². The average molecular weight is 192 g/mol. The van der Waals surface area contributed by atoms with Crippen molar-refractivity contribution in [2.45, 2.75) is 32.1 Å². The Hall–Kier alpha value is -1.25. The molecule has 2 aliphatic carbocycles. The minimum Gasteiger partial charge on any atom is -0.481 e. The molecular weight excluding hydrogens is 180 g/mol. The van der Waals surface area contributed by atoms with Crippen molar-refractivity contribution in [1.82, 2.24) is 0 Å². The van der Waals surface area contributed by atoms with Gasteiger partial charge in [0.25, 0.3) is 0 Å². The number of hydrogen-bond acceptors (Lipinski definition) is 2. The zero-order valence-corrected chi connectivity index (χ0v) is 8.04. The number of hydrogen-bond donors (Lipinski definition) is 1. The first-order valence-corrected chi connectivity index (χ1v) is 4.94. The van der Waals surface area contributed by atoms with E-state index in [0.717, 1.165) is 36.3 Å². The molecule has 1 unspecified atom stereocenters. The van der Waals surface area contributed by atoms with Crippen molar-refractivity contribution in [2.24, 2.45) is 5.41 Å². The van der Waals surface area contributed by atoms with Crippen LogP contribution < -0.4 is 0 Å². The number of rotatable bonds is 1. The number of aryl methyl sites for hydroxylation is 1. The van der Waals surface area contributed by atoms with Crippen molar-refractivity contribution >= 4 is 5.97 Å². The minimum absolute atomic E-state index is 0.0215. The van der Waals surface area contributed by atoms with Gasteiger partial charge in [-0.05, 0) is 31.2 Å². The Morgan fingerprint density at radius 1 is 1.64 bits per heavy atom. The first-order valence-electron chi connectivity index (χ1n) is 4.94. The van der Waals surface area contributed by atoms with Gasteiger partial charge in [-0.15, -0.1) is 0 Å². The molecule has 1 aromatic heterocycles. The summed E-state index contributed by atoms with van der Waals surface area (Å²) in [5.74, 6) is 0.737. The summed E-state index contributed by atoms with van der Waals surface area (Å²) in [7, 11) is 0. The van der Waals surface area contributed by atoms with E-state index in [1.54, 1.807) is 0 Å². The predicted molar refractivity (Wildman–Crippen MR) is 49.2 cm³/mol. The van der Waals surface area contributed by atoms with E-state index in [0.29, 0.717) is 0 Å². The second-order valence-electron chi connectivity index (χ2n) is 4.55. The monoisotopic (exact) mass is 192 g/mol. The molecule has 1 aromatic rings. The minimum atomic E-state index is -0.693. The summed E-state index contributed by atoms with van der Waals surface area (Å²) in [6.07, 6.45) is 2.90. The highest BCUT2D eigenvalue weighted by atomic mass is 16.4. The van der Waals surface area contributed by atoms with Crippen LogP contribution in [0.25, 0.3) is 0 Å². The van der Waals surface area contributed by atoms with Crippen LogP contribution in [-0.2, 0) is 11.2 Å². The van der Waals surface area contributed by atoms with E-state index >= 15 is 0 Å². The van der Waals surface area contributed by atoms with Crippen LogP contribution in [0.1, 0.15) is 35.8 Å².